The molecule has 6 aliphatic rings. The molecular weight excluding hydrogens is 1420 g/mol. The van der Waals surface area contributed by atoms with E-state index in [0.29, 0.717) is 0 Å². The first-order valence-electron chi connectivity index (χ1n) is 45.9. The molecule has 6 aliphatic heterocycles. The Labute approximate surface area is 725 Å². The van der Waals surface area contributed by atoms with Crippen LogP contribution in [0.4, 0.5) is 0 Å². The molecule has 0 saturated carbocycles. The summed E-state index contributed by atoms with van der Waals surface area (Å²) in [6, 6.07) is 16.9. The Kier molecular flexibility index (Phi) is 401. The highest BCUT2D eigenvalue weighted by Gasteiger charge is 2.07. The van der Waals surface area contributed by atoms with Crippen molar-refractivity contribution in [2.75, 3.05) is 113 Å². The molecule has 0 amide bonds. The zero-order valence-electron chi connectivity index (χ0n) is 85.8. The van der Waals surface area contributed by atoms with Crippen LogP contribution in [0.5, 0.6) is 0 Å². The lowest BCUT2D eigenvalue weighted by Gasteiger charge is -2.28. The summed E-state index contributed by atoms with van der Waals surface area (Å²) in [5.74, 6) is 0. The third kappa shape index (κ3) is 271. The van der Waals surface area contributed by atoms with Gasteiger partial charge in [0, 0.05) is 165 Å². The largest absolute Gasteiger partial charge is 0.379 e. The third-order valence-electron chi connectivity index (χ3n) is 8.58. The van der Waals surface area contributed by atoms with Crippen LogP contribution in [0, 0.1) is 0 Å². The Hall–Kier alpha value is -6.91. The molecule has 0 atom stereocenters. The van der Waals surface area contributed by atoms with Gasteiger partial charge in [-0.25, -0.2) is 9.97 Å². The topological polar surface area (TPSA) is 229 Å². The molecule has 0 bridgehead atoms. The molecule has 0 aliphatic carbocycles. The quantitative estimate of drug-likeness (QED) is 0.0830. The second-order valence-corrected chi connectivity index (χ2v) is 14.5. The van der Waals surface area contributed by atoms with Gasteiger partial charge >= 0.3 is 0 Å². The Morgan fingerprint density at radius 3 is 0.617 bits per heavy atom. The molecular formula is C95H211N19O. The number of morpholine rings is 1. The van der Waals surface area contributed by atoms with Crippen LogP contribution in [-0.4, -0.2) is 179 Å². The van der Waals surface area contributed by atoms with E-state index in [2.05, 4.69) is 123 Å². The second kappa shape index (κ2) is 276. The summed E-state index contributed by atoms with van der Waals surface area (Å²) >= 11 is 0. The number of aromatic nitrogens is 10. The van der Waals surface area contributed by atoms with Crippen molar-refractivity contribution in [1.29, 1.82) is 0 Å². The average Bonchev–Trinajstić information content (AvgIpc) is 1.61. The summed E-state index contributed by atoms with van der Waals surface area (Å²) in [5, 5.41) is 25.5. The summed E-state index contributed by atoms with van der Waals surface area (Å²) < 4.78 is 5.01. The number of dihydropyridines is 1. The van der Waals surface area contributed by atoms with Crippen molar-refractivity contribution >= 4 is 6.34 Å². The molecule has 0 radical (unpaired) electrons. The fourth-order valence-corrected chi connectivity index (χ4v) is 4.86. The zero-order valence-corrected chi connectivity index (χ0v) is 85.8. The van der Waals surface area contributed by atoms with Gasteiger partial charge in [-0.15, -0.1) is 0 Å². The normalized spacial score (nSPS) is 10.6. The predicted molar refractivity (Wildman–Crippen MR) is 535 cm³/mol. The van der Waals surface area contributed by atoms with Crippen molar-refractivity contribution in [3.63, 3.8) is 0 Å². The number of aliphatic imine (C=N–C) groups is 1. The number of allylic oxidation sites excluding steroid dienone is 2. The summed E-state index contributed by atoms with van der Waals surface area (Å²) in [6.45, 7) is 105. The Morgan fingerprint density at radius 1 is 0.261 bits per heavy atom. The van der Waals surface area contributed by atoms with Crippen LogP contribution < -0.4 is 31.9 Å². The highest BCUT2D eigenvalue weighted by molar-refractivity contribution is 5.56. The molecule has 20 nitrogen and oxygen atoms in total. The minimum absolute atomic E-state index is 0.889. The lowest BCUT2D eigenvalue weighted by Crippen LogP contribution is -2.42. The molecule has 692 valence electrons. The van der Waals surface area contributed by atoms with Crippen LogP contribution in [0.3, 0.4) is 0 Å². The maximum absolute atomic E-state index is 5.01. The Bertz CT molecular complexity index is 1420. The lowest BCUT2D eigenvalue weighted by molar-refractivity contribution is 0.109. The molecule has 6 aromatic rings. The van der Waals surface area contributed by atoms with Gasteiger partial charge in [-0.2, -0.15) is 10.2 Å². The lowest BCUT2D eigenvalue weighted by atomic mass is 10.4. The van der Waals surface area contributed by atoms with Crippen LogP contribution in [-0.2, 0) is 4.74 Å². The minimum atomic E-state index is 0.889. The molecule has 6 N–H and O–H groups in total. The number of hydrogen-bond donors (Lipinski definition) is 6. The molecule has 12 heterocycles. The van der Waals surface area contributed by atoms with Gasteiger partial charge in [0.1, 0.15) is 6.33 Å². The van der Waals surface area contributed by atoms with E-state index in [1.54, 1.807) is 112 Å². The van der Waals surface area contributed by atoms with Crippen molar-refractivity contribution in [2.24, 2.45) is 4.99 Å². The summed E-state index contributed by atoms with van der Waals surface area (Å²) in [4.78, 5) is 38.4. The molecule has 12 rings (SSSR count). The smallest absolute Gasteiger partial charge is 0.115 e. The van der Waals surface area contributed by atoms with Crippen LogP contribution in [0.15, 0.2) is 190 Å². The van der Waals surface area contributed by atoms with Crippen molar-refractivity contribution in [3.05, 3.63) is 185 Å². The van der Waals surface area contributed by atoms with Gasteiger partial charge in [-0.3, -0.25) is 34.9 Å². The van der Waals surface area contributed by atoms with Gasteiger partial charge < -0.3 is 46.4 Å². The van der Waals surface area contributed by atoms with E-state index in [1.165, 1.54) is 58.4 Å². The van der Waals surface area contributed by atoms with Crippen molar-refractivity contribution in [3.8, 4) is 0 Å². The molecule has 0 aromatic carbocycles. The fourth-order valence-electron chi connectivity index (χ4n) is 4.86. The standard InChI is InChI=1S/C6H14N2.C5H7N.2C5H5N.4C4H4N2.C4H9NO.C4H9N.C3H8N2.C3H6N2.22C2H6/c1-7-3-5-8(2)6-4-7;3*1-2-4-6-5-3-1;2*1-2-6-4-3-5-1;1-2-5-4-6-3-1;1-2-4-6-5-3-1;1-3-6-4-2-5-1;1-2-4-5-3-1;2*1-2-5-3-4-1;22*1-2/h3-6H2,1-2H3;2-6H,1H2;2*1-5H;4*1-4H;5H,1-4H2;5H,1-4H2;4-5H,1-3H2;3H,1-2H2,(H,4,5);22*1-2H3. The van der Waals surface area contributed by atoms with Gasteiger partial charge in [0.05, 0.1) is 26.1 Å². The molecule has 20 heteroatoms. The summed E-state index contributed by atoms with van der Waals surface area (Å²) in [7, 11) is 4.35. The highest BCUT2D eigenvalue weighted by Crippen LogP contribution is 1.93. The SMILES string of the molecule is C1=CNC=CC1.C1=NCCN1.C1CCNC1.C1CNCN1.C1COCCN1.CC.CC.CC.CC.CC.CC.CC.CC.CC.CC.CC.CC.CC.CC.CC.CC.CC.CC.CC.CC.CC.CC.CN1CCN(C)CC1.c1ccncc1.c1ccncc1.c1ccnnc1.c1cnccn1.c1cnccn1.c1cncnc1. The van der Waals surface area contributed by atoms with Crippen LogP contribution in [0.2, 0.25) is 0 Å². The first-order chi connectivity index (χ1) is 57.3. The summed E-state index contributed by atoms with van der Waals surface area (Å²) in [6.07, 6.45) is 41.9. The fraction of sp³-hybridized carbons (Fsp3) is 0.674. The number of pyridine rings is 2. The van der Waals surface area contributed by atoms with Gasteiger partial charge in [0.25, 0.3) is 0 Å². The van der Waals surface area contributed by atoms with Gasteiger partial charge in [0.15, 0.2) is 0 Å². The predicted octanol–water partition coefficient (Wildman–Crippen LogP) is 26.2. The number of hydrogen-bond acceptors (Lipinski definition) is 20. The minimum Gasteiger partial charge on any atom is -0.379 e. The van der Waals surface area contributed by atoms with E-state index in [-0.39, 0.29) is 0 Å². The number of nitrogens with zero attached hydrogens (tertiary/aromatic N) is 13. The monoisotopic (exact) mass is 1630 g/mol. The highest BCUT2D eigenvalue weighted by atomic mass is 16.5. The van der Waals surface area contributed by atoms with Gasteiger partial charge in [-0.05, 0) is 101 Å². The summed E-state index contributed by atoms with van der Waals surface area (Å²) in [5.41, 5.74) is 0. The Morgan fingerprint density at radius 2 is 0.522 bits per heavy atom. The number of rotatable bonds is 0. The van der Waals surface area contributed by atoms with Crippen LogP contribution in [0.25, 0.3) is 0 Å². The van der Waals surface area contributed by atoms with Gasteiger partial charge in [0.2, 0.25) is 0 Å². The van der Waals surface area contributed by atoms with E-state index in [0.717, 1.165) is 65.6 Å². The van der Waals surface area contributed by atoms with Crippen molar-refractivity contribution in [2.45, 2.75) is 324 Å². The zero-order chi connectivity index (χ0) is 94.5. The number of likely N-dealkylation sites (N-methyl/N-ethyl adjacent to an activating group) is 2. The number of ether oxygens (including phenoxy) is 1. The van der Waals surface area contributed by atoms with Crippen LogP contribution >= 0.6 is 0 Å². The number of nitrogens with one attached hydrogen (secondary N) is 6. The molecule has 0 spiro atoms. The molecule has 115 heavy (non-hydrogen) atoms. The first kappa shape index (κ1) is 167. The third-order valence-corrected chi connectivity index (χ3v) is 8.58. The van der Waals surface area contributed by atoms with E-state index in [4.69, 9.17) is 4.74 Å². The van der Waals surface area contributed by atoms with Crippen molar-refractivity contribution < 1.29 is 4.74 Å². The van der Waals surface area contributed by atoms with E-state index in [9.17, 15) is 0 Å². The second-order valence-electron chi connectivity index (χ2n) is 14.5. The van der Waals surface area contributed by atoms with Crippen LogP contribution in [0.1, 0.15) is 324 Å². The molecule has 4 fully saturated rings. The molecule has 0 unspecified atom stereocenters. The number of piperazine rings is 1. The first-order valence-corrected chi connectivity index (χ1v) is 45.9. The average molecular weight is 1640 g/mol. The maximum atomic E-state index is 5.01. The molecule has 6 aromatic heterocycles. The van der Waals surface area contributed by atoms with E-state index in [1.807, 2.05) is 366 Å². The van der Waals surface area contributed by atoms with E-state index >= 15 is 0 Å². The van der Waals surface area contributed by atoms with Gasteiger partial charge in [-0.1, -0.05) is 329 Å². The van der Waals surface area contributed by atoms with E-state index < -0.39 is 0 Å². The maximum Gasteiger partial charge on any atom is 0.115 e. The van der Waals surface area contributed by atoms with Crippen molar-refractivity contribution in [1.82, 2.24) is 91.8 Å². The molecule has 4 saturated heterocycles. The Balaban J connectivity index is -0.0000000393.